The van der Waals surface area contributed by atoms with Crippen molar-refractivity contribution in [2.24, 2.45) is 0 Å². The molecule has 0 bridgehead atoms. The molecule has 0 aliphatic rings. The Morgan fingerprint density at radius 1 is 0.880 bits per heavy atom. The molecule has 0 atom stereocenters. The van der Waals surface area contributed by atoms with Gasteiger partial charge in [0.2, 0.25) is 0 Å². The van der Waals surface area contributed by atoms with Gasteiger partial charge in [0.25, 0.3) is 0 Å². The van der Waals surface area contributed by atoms with Gasteiger partial charge in [0, 0.05) is 10.8 Å². The van der Waals surface area contributed by atoms with E-state index < -0.39 is 0 Å². The number of benzene rings is 2. The molecule has 0 heterocycles. The third kappa shape index (κ3) is 3.82. The lowest BCUT2D eigenvalue weighted by atomic mass is 9.98. The van der Waals surface area contributed by atoms with Crippen LogP contribution in [0.25, 0.3) is 21.5 Å². The maximum Gasteiger partial charge on any atom is 0.194 e. The highest BCUT2D eigenvalue weighted by molar-refractivity contribution is 5.95. The van der Waals surface area contributed by atoms with Gasteiger partial charge in [-0.15, -0.1) is 0 Å². The molecule has 25 heavy (non-hydrogen) atoms. The van der Waals surface area contributed by atoms with Crippen LogP contribution >= 0.6 is 0 Å². The Morgan fingerprint density at radius 2 is 1.56 bits per heavy atom. The van der Waals surface area contributed by atoms with E-state index in [0.29, 0.717) is 0 Å². The number of hydrogen-bond acceptors (Lipinski definition) is 1. The Kier molecular flexibility index (Phi) is 5.65. The summed E-state index contributed by atoms with van der Waals surface area (Å²) >= 11 is 0. The van der Waals surface area contributed by atoms with Crippen LogP contribution in [0.15, 0.2) is 71.0 Å². The van der Waals surface area contributed by atoms with Gasteiger partial charge in [-0.25, -0.2) is 0 Å². The monoisotopic (exact) mass is 330 g/mol. The van der Waals surface area contributed by atoms with Gasteiger partial charge in [-0.05, 0) is 42.0 Å². The average molecular weight is 330 g/mol. The smallest absolute Gasteiger partial charge is 0.194 e. The van der Waals surface area contributed by atoms with Crippen LogP contribution in [0.3, 0.4) is 0 Å². The van der Waals surface area contributed by atoms with Crippen LogP contribution in [-0.2, 0) is 6.42 Å². The molecular weight excluding hydrogens is 304 g/mol. The van der Waals surface area contributed by atoms with Gasteiger partial charge in [-0.2, -0.15) is 0 Å². The molecule has 0 unspecified atom stereocenters. The predicted octanol–water partition coefficient (Wildman–Crippen LogP) is 6.42. The van der Waals surface area contributed by atoms with Crippen LogP contribution in [0.4, 0.5) is 0 Å². The summed E-state index contributed by atoms with van der Waals surface area (Å²) in [5, 5.41) is 3.77. The first-order valence-electron chi connectivity index (χ1n) is 9.36. The molecule has 128 valence electrons. The lowest BCUT2D eigenvalue weighted by Gasteiger charge is -2.07. The highest BCUT2D eigenvalue weighted by atomic mass is 16.1. The minimum Gasteiger partial charge on any atom is -0.289 e. The molecule has 0 aromatic heterocycles. The summed E-state index contributed by atoms with van der Waals surface area (Å²) in [6.45, 7) is 4.43. The highest BCUT2D eigenvalue weighted by Gasteiger charge is 2.07. The standard InChI is InChI=1S/C24H26O/c1-3-9-18(10-4-2)15-16-20-17-19-11-5-6-13-22(19)24(25)23-14-8-7-12-21(20)23/h5-9,11-14,17H,3-4,10,15-16H2,1-2H3/b18-9-. The van der Waals surface area contributed by atoms with Crippen LogP contribution in [0.1, 0.15) is 45.1 Å². The van der Waals surface area contributed by atoms with E-state index in [4.69, 9.17) is 0 Å². The van der Waals surface area contributed by atoms with Crippen molar-refractivity contribution in [1.29, 1.82) is 0 Å². The van der Waals surface area contributed by atoms with E-state index in [0.717, 1.165) is 47.2 Å². The molecule has 0 aliphatic carbocycles. The fourth-order valence-electron chi connectivity index (χ4n) is 3.64. The second-order valence-corrected chi connectivity index (χ2v) is 6.65. The molecule has 0 amide bonds. The predicted molar refractivity (Wildman–Crippen MR) is 109 cm³/mol. The zero-order valence-corrected chi connectivity index (χ0v) is 15.2. The molecular formula is C24H26O. The van der Waals surface area contributed by atoms with E-state index in [1.165, 1.54) is 17.6 Å². The molecule has 0 radical (unpaired) electrons. The summed E-state index contributed by atoms with van der Waals surface area (Å²) in [5.74, 6) is 0. The lowest BCUT2D eigenvalue weighted by molar-refractivity contribution is 0.812. The zero-order valence-electron chi connectivity index (χ0n) is 15.2. The Labute approximate surface area is 150 Å². The largest absolute Gasteiger partial charge is 0.289 e. The average Bonchev–Trinajstić information content (AvgIpc) is 2.76. The minimum atomic E-state index is 0.135. The molecule has 0 saturated heterocycles. The summed E-state index contributed by atoms with van der Waals surface area (Å²) in [7, 11) is 0. The van der Waals surface area contributed by atoms with E-state index in [1.54, 1.807) is 0 Å². The Morgan fingerprint density at radius 3 is 2.28 bits per heavy atom. The van der Waals surface area contributed by atoms with E-state index >= 15 is 0 Å². The summed E-state index contributed by atoms with van der Waals surface area (Å²) in [5.41, 5.74) is 2.94. The fourth-order valence-corrected chi connectivity index (χ4v) is 3.64. The van der Waals surface area contributed by atoms with Crippen molar-refractivity contribution < 1.29 is 0 Å². The topological polar surface area (TPSA) is 17.1 Å². The normalized spacial score (nSPS) is 12.0. The van der Waals surface area contributed by atoms with Gasteiger partial charge in [0.05, 0.1) is 0 Å². The Balaban J connectivity index is 2.15. The molecule has 0 fully saturated rings. The first-order valence-corrected chi connectivity index (χ1v) is 9.36. The molecule has 1 nitrogen and oxygen atoms in total. The number of rotatable bonds is 6. The Hall–Kier alpha value is -2.41. The minimum absolute atomic E-state index is 0.135. The molecule has 3 aromatic rings. The van der Waals surface area contributed by atoms with E-state index in [-0.39, 0.29) is 5.43 Å². The first kappa shape index (κ1) is 17.4. The van der Waals surface area contributed by atoms with Crippen molar-refractivity contribution in [3.05, 3.63) is 82.0 Å². The molecule has 1 heteroatoms. The van der Waals surface area contributed by atoms with Crippen LogP contribution < -0.4 is 5.43 Å². The summed E-state index contributed by atoms with van der Waals surface area (Å²) in [6.07, 6.45) is 7.85. The molecule has 0 aliphatic heterocycles. The SMILES string of the molecule is CC/C=C(/CCC)CCc1cc2ccccc2c(=O)c2ccccc12. The van der Waals surface area contributed by atoms with Crippen molar-refractivity contribution in [3.8, 4) is 0 Å². The zero-order chi connectivity index (χ0) is 17.6. The van der Waals surface area contributed by atoms with Gasteiger partial charge in [-0.1, -0.05) is 86.5 Å². The maximum absolute atomic E-state index is 13.0. The van der Waals surface area contributed by atoms with E-state index in [1.807, 2.05) is 42.5 Å². The van der Waals surface area contributed by atoms with Crippen molar-refractivity contribution >= 4 is 21.5 Å². The van der Waals surface area contributed by atoms with Crippen LogP contribution in [0.2, 0.25) is 0 Å². The van der Waals surface area contributed by atoms with Crippen LogP contribution in [0, 0.1) is 0 Å². The highest BCUT2D eigenvalue weighted by Crippen LogP contribution is 2.23. The number of allylic oxidation sites excluding steroid dienone is 2. The third-order valence-corrected chi connectivity index (χ3v) is 4.83. The fraction of sp³-hybridized carbons (Fsp3) is 0.292. The van der Waals surface area contributed by atoms with Crippen molar-refractivity contribution in [1.82, 2.24) is 0 Å². The summed E-state index contributed by atoms with van der Waals surface area (Å²) < 4.78 is 0. The molecule has 0 N–H and O–H groups in total. The first-order chi connectivity index (χ1) is 12.2. The molecule has 3 rings (SSSR count). The van der Waals surface area contributed by atoms with E-state index in [9.17, 15) is 4.79 Å². The molecule has 3 aromatic carbocycles. The van der Waals surface area contributed by atoms with Crippen molar-refractivity contribution in [3.63, 3.8) is 0 Å². The number of aryl methyl sites for hydroxylation is 1. The van der Waals surface area contributed by atoms with Gasteiger partial charge >= 0.3 is 0 Å². The molecule has 0 saturated carbocycles. The number of fused-ring (bicyclic) bond motifs is 2. The van der Waals surface area contributed by atoms with E-state index in [2.05, 4.69) is 32.1 Å². The second kappa shape index (κ2) is 8.11. The Bertz CT molecular complexity index is 966. The van der Waals surface area contributed by atoms with Crippen molar-refractivity contribution in [2.45, 2.75) is 46.0 Å². The lowest BCUT2D eigenvalue weighted by Crippen LogP contribution is -1.98. The maximum atomic E-state index is 13.0. The summed E-state index contributed by atoms with van der Waals surface area (Å²) in [4.78, 5) is 13.0. The molecule has 0 spiro atoms. The van der Waals surface area contributed by atoms with Gasteiger partial charge < -0.3 is 0 Å². The quantitative estimate of drug-likeness (QED) is 0.476. The van der Waals surface area contributed by atoms with Gasteiger partial charge in [0.1, 0.15) is 0 Å². The third-order valence-electron chi connectivity index (χ3n) is 4.83. The number of hydrogen-bond donors (Lipinski definition) is 0. The second-order valence-electron chi connectivity index (χ2n) is 6.65. The van der Waals surface area contributed by atoms with Gasteiger partial charge in [-0.3, -0.25) is 4.79 Å². The van der Waals surface area contributed by atoms with Crippen LogP contribution in [-0.4, -0.2) is 0 Å². The summed E-state index contributed by atoms with van der Waals surface area (Å²) in [6, 6.07) is 18.2. The van der Waals surface area contributed by atoms with Crippen molar-refractivity contribution in [2.75, 3.05) is 0 Å². The van der Waals surface area contributed by atoms with Gasteiger partial charge in [0.15, 0.2) is 5.43 Å². The van der Waals surface area contributed by atoms with Crippen LogP contribution in [0.5, 0.6) is 0 Å².